The van der Waals surface area contributed by atoms with Crippen LogP contribution < -0.4 is 18.9 Å². The highest BCUT2D eigenvalue weighted by Gasteiger charge is 2.45. The molecule has 9 heteroatoms. The van der Waals surface area contributed by atoms with Crippen LogP contribution in [0, 0.1) is 29.1 Å². The van der Waals surface area contributed by atoms with Crippen LogP contribution >= 0.6 is 0 Å². The average molecular weight is 707 g/mol. The molecule has 1 heterocycles. The SMILES string of the molecule is COc1ccc(C2(c3ccc(OC)cc3)C=Cc3c4c(c5ccc(OC)cc5c3O2)-c2ccc(-c3c(F)c(F)c(F)c(F)c3F)cc2C4(C)C)cc1. The third kappa shape index (κ3) is 4.64. The highest BCUT2D eigenvalue weighted by Crippen LogP contribution is 2.59. The van der Waals surface area contributed by atoms with Crippen LogP contribution in [-0.2, 0) is 11.0 Å². The average Bonchev–Trinajstić information content (AvgIpc) is 3.42. The summed E-state index contributed by atoms with van der Waals surface area (Å²) in [6, 6.07) is 25.6. The summed E-state index contributed by atoms with van der Waals surface area (Å²) in [5.41, 5.74) is 2.64. The zero-order valence-electron chi connectivity index (χ0n) is 28.8. The lowest BCUT2D eigenvalue weighted by Gasteiger charge is -2.38. The molecule has 0 fully saturated rings. The Morgan fingerprint density at radius 3 is 1.65 bits per heavy atom. The van der Waals surface area contributed by atoms with Crippen molar-refractivity contribution in [2.75, 3.05) is 21.3 Å². The van der Waals surface area contributed by atoms with E-state index in [1.807, 2.05) is 92.7 Å². The van der Waals surface area contributed by atoms with E-state index in [9.17, 15) is 13.2 Å². The molecule has 6 aromatic rings. The molecule has 0 bridgehead atoms. The first-order valence-electron chi connectivity index (χ1n) is 16.5. The Hall–Kier alpha value is -5.83. The smallest absolute Gasteiger partial charge is 0.200 e. The van der Waals surface area contributed by atoms with Crippen LogP contribution in [-0.4, -0.2) is 21.3 Å². The topological polar surface area (TPSA) is 36.9 Å². The van der Waals surface area contributed by atoms with E-state index in [1.165, 1.54) is 12.1 Å². The monoisotopic (exact) mass is 706 g/mol. The predicted octanol–water partition coefficient (Wildman–Crippen LogP) is 10.9. The van der Waals surface area contributed by atoms with Crippen molar-refractivity contribution in [3.63, 3.8) is 0 Å². The molecule has 4 nitrogen and oxygen atoms in total. The van der Waals surface area contributed by atoms with Gasteiger partial charge < -0.3 is 18.9 Å². The molecule has 2 aliphatic rings. The van der Waals surface area contributed by atoms with Gasteiger partial charge in [-0.1, -0.05) is 56.3 Å². The van der Waals surface area contributed by atoms with Crippen LogP contribution in [0.5, 0.6) is 23.0 Å². The molecule has 262 valence electrons. The predicted molar refractivity (Wildman–Crippen MR) is 190 cm³/mol. The van der Waals surface area contributed by atoms with Gasteiger partial charge in [-0.05, 0) is 87.8 Å². The zero-order valence-corrected chi connectivity index (χ0v) is 28.8. The number of ether oxygens (including phenoxy) is 4. The number of fused-ring (bicyclic) bond motifs is 8. The van der Waals surface area contributed by atoms with Gasteiger partial charge in [0.2, 0.25) is 5.82 Å². The maximum Gasteiger partial charge on any atom is 0.200 e. The molecule has 0 spiro atoms. The minimum atomic E-state index is -2.20. The molecular weight excluding hydrogens is 675 g/mol. The molecule has 0 aromatic heterocycles. The summed E-state index contributed by atoms with van der Waals surface area (Å²) in [7, 11) is 4.79. The van der Waals surface area contributed by atoms with Gasteiger partial charge in [0.1, 0.15) is 23.0 Å². The minimum Gasteiger partial charge on any atom is -0.497 e. The van der Waals surface area contributed by atoms with Crippen molar-refractivity contribution in [1.29, 1.82) is 0 Å². The van der Waals surface area contributed by atoms with Crippen LogP contribution in [0.2, 0.25) is 0 Å². The van der Waals surface area contributed by atoms with Crippen LogP contribution in [0.4, 0.5) is 22.0 Å². The first-order chi connectivity index (χ1) is 24.9. The Kier molecular flexibility index (Phi) is 7.61. The zero-order chi connectivity index (χ0) is 36.7. The standard InChI is InChI=1S/C43H31F5O4/c1-42(2)32-20-22(33-36(44)38(46)40(48)39(47)37(33)45)6-16-29(32)34-28-17-15-27(51-5)21-31(28)41-30(35(34)42)18-19-43(52-41,23-7-11-25(49-3)12-8-23)24-9-13-26(50-4)14-10-24/h6-21H,1-5H3. The lowest BCUT2D eigenvalue weighted by atomic mass is 9.76. The van der Waals surface area contributed by atoms with E-state index in [1.54, 1.807) is 27.4 Å². The number of benzene rings is 6. The van der Waals surface area contributed by atoms with Crippen molar-refractivity contribution in [2.24, 2.45) is 0 Å². The second kappa shape index (κ2) is 11.9. The van der Waals surface area contributed by atoms with Gasteiger partial charge in [-0.15, -0.1) is 0 Å². The highest BCUT2D eigenvalue weighted by atomic mass is 19.2. The second-order valence-corrected chi connectivity index (χ2v) is 13.4. The van der Waals surface area contributed by atoms with Gasteiger partial charge in [0.15, 0.2) is 28.9 Å². The Morgan fingerprint density at radius 1 is 0.558 bits per heavy atom. The van der Waals surface area contributed by atoms with Crippen LogP contribution in [0.15, 0.2) is 91.0 Å². The van der Waals surface area contributed by atoms with Crippen molar-refractivity contribution in [2.45, 2.75) is 24.9 Å². The molecule has 8 rings (SSSR count). The normalized spacial score (nSPS) is 14.7. The molecule has 0 N–H and O–H groups in total. The molecule has 0 saturated heterocycles. The Balaban J connectivity index is 1.39. The van der Waals surface area contributed by atoms with E-state index in [-0.39, 0.29) is 5.56 Å². The molecular formula is C43H31F5O4. The summed E-state index contributed by atoms with van der Waals surface area (Å²) in [6.45, 7) is 3.94. The molecule has 1 aliphatic heterocycles. The fourth-order valence-electron chi connectivity index (χ4n) is 7.76. The van der Waals surface area contributed by atoms with Gasteiger partial charge in [0.25, 0.3) is 0 Å². The first kappa shape index (κ1) is 33.3. The van der Waals surface area contributed by atoms with E-state index >= 15 is 8.78 Å². The fourth-order valence-corrected chi connectivity index (χ4v) is 7.76. The number of hydrogen-bond donors (Lipinski definition) is 0. The summed E-state index contributed by atoms with van der Waals surface area (Å²) in [6.07, 6.45) is 4.04. The first-order valence-corrected chi connectivity index (χ1v) is 16.5. The number of rotatable bonds is 6. The van der Waals surface area contributed by atoms with Crippen molar-refractivity contribution < 1.29 is 40.9 Å². The summed E-state index contributed by atoms with van der Waals surface area (Å²) in [5, 5.41) is 1.59. The second-order valence-electron chi connectivity index (χ2n) is 13.4. The molecule has 0 radical (unpaired) electrons. The van der Waals surface area contributed by atoms with E-state index in [4.69, 9.17) is 18.9 Å². The molecule has 0 atom stereocenters. The molecule has 52 heavy (non-hydrogen) atoms. The Bertz CT molecular complexity index is 2390. The van der Waals surface area contributed by atoms with Crippen molar-refractivity contribution >= 4 is 16.8 Å². The maximum absolute atomic E-state index is 15.1. The summed E-state index contributed by atoms with van der Waals surface area (Å²) >= 11 is 0. The Labute approximate surface area is 296 Å². The number of hydrogen-bond acceptors (Lipinski definition) is 4. The third-order valence-electron chi connectivity index (χ3n) is 10.4. The Morgan fingerprint density at radius 2 is 1.10 bits per heavy atom. The number of methoxy groups -OCH3 is 3. The summed E-state index contributed by atoms with van der Waals surface area (Å²) < 4.78 is 96.6. The van der Waals surface area contributed by atoms with Crippen LogP contribution in [0.25, 0.3) is 39.1 Å². The van der Waals surface area contributed by atoms with Gasteiger partial charge in [-0.3, -0.25) is 0 Å². The van der Waals surface area contributed by atoms with E-state index in [0.717, 1.165) is 44.2 Å². The van der Waals surface area contributed by atoms with Crippen molar-refractivity contribution in [3.05, 3.63) is 148 Å². The molecule has 0 saturated carbocycles. The van der Waals surface area contributed by atoms with E-state index in [0.29, 0.717) is 28.6 Å². The van der Waals surface area contributed by atoms with Crippen LogP contribution in [0.1, 0.15) is 41.7 Å². The lowest BCUT2D eigenvalue weighted by Crippen LogP contribution is -2.35. The fraction of sp³-hybridized carbons (Fsp3) is 0.163. The van der Waals surface area contributed by atoms with E-state index < -0.39 is 45.7 Å². The van der Waals surface area contributed by atoms with Crippen molar-refractivity contribution in [1.82, 2.24) is 0 Å². The molecule has 0 amide bonds. The van der Waals surface area contributed by atoms with Crippen LogP contribution in [0.3, 0.4) is 0 Å². The molecule has 6 aromatic carbocycles. The largest absolute Gasteiger partial charge is 0.497 e. The summed E-state index contributed by atoms with van der Waals surface area (Å²) in [5.74, 6) is -7.40. The minimum absolute atomic E-state index is 0.128. The third-order valence-corrected chi connectivity index (χ3v) is 10.4. The van der Waals surface area contributed by atoms with E-state index in [2.05, 4.69) is 0 Å². The maximum atomic E-state index is 15.1. The molecule has 0 unspecified atom stereocenters. The lowest BCUT2D eigenvalue weighted by molar-refractivity contribution is 0.163. The van der Waals surface area contributed by atoms with Gasteiger partial charge in [0.05, 0.1) is 26.9 Å². The number of halogens is 5. The van der Waals surface area contributed by atoms with Gasteiger partial charge in [-0.25, -0.2) is 22.0 Å². The van der Waals surface area contributed by atoms with Crippen molar-refractivity contribution in [3.8, 4) is 45.3 Å². The highest BCUT2D eigenvalue weighted by molar-refractivity contribution is 6.09. The summed E-state index contributed by atoms with van der Waals surface area (Å²) in [4.78, 5) is 0. The van der Waals surface area contributed by atoms with Gasteiger partial charge >= 0.3 is 0 Å². The van der Waals surface area contributed by atoms with Gasteiger partial charge in [0, 0.05) is 27.5 Å². The quantitative estimate of drug-likeness (QED) is 0.0982. The van der Waals surface area contributed by atoms with Gasteiger partial charge in [-0.2, -0.15) is 0 Å². The molecule has 1 aliphatic carbocycles.